The van der Waals surface area contributed by atoms with Gasteiger partial charge < -0.3 is 16.0 Å². The second-order valence-electron chi connectivity index (χ2n) is 4.04. The number of amides is 1. The zero-order chi connectivity index (χ0) is 14.4. The minimum Gasteiger partial charge on any atom is -0.385 e. The molecule has 19 heavy (non-hydrogen) atoms. The Morgan fingerprint density at radius 1 is 1.37 bits per heavy atom. The molecule has 0 fully saturated rings. The molecule has 1 rings (SSSR count). The van der Waals surface area contributed by atoms with E-state index in [4.69, 9.17) is 0 Å². The number of nitrogens with zero attached hydrogens (tertiary/aromatic N) is 1. The van der Waals surface area contributed by atoms with E-state index >= 15 is 0 Å². The molecule has 1 atom stereocenters. The van der Waals surface area contributed by atoms with Gasteiger partial charge in [0.25, 0.3) is 5.69 Å². The number of hydrogen-bond donors (Lipinski definition) is 3. The van der Waals surface area contributed by atoms with Crippen molar-refractivity contribution in [1.82, 2.24) is 5.32 Å². The summed E-state index contributed by atoms with van der Waals surface area (Å²) >= 11 is 0. The van der Waals surface area contributed by atoms with Crippen LogP contribution in [0, 0.1) is 10.1 Å². The van der Waals surface area contributed by atoms with E-state index in [1.807, 2.05) is 6.92 Å². The standard InChI is InChI=1S/C12H18N4O3/c1-4-14-9-5-10(7-11(6-9)16(18)19)15-8(2)12(17)13-3/h5-8,14-15H,4H2,1-3H3,(H,13,17). The Hall–Kier alpha value is -2.31. The molecule has 0 aliphatic heterocycles. The van der Waals surface area contributed by atoms with E-state index < -0.39 is 11.0 Å². The summed E-state index contributed by atoms with van der Waals surface area (Å²) in [6.45, 7) is 4.25. The lowest BCUT2D eigenvalue weighted by atomic mass is 10.2. The number of nitrogens with one attached hydrogen (secondary N) is 3. The molecule has 7 heteroatoms. The van der Waals surface area contributed by atoms with Gasteiger partial charge in [-0.2, -0.15) is 0 Å². The monoisotopic (exact) mass is 266 g/mol. The Labute approximate surface area is 111 Å². The normalized spacial score (nSPS) is 11.5. The van der Waals surface area contributed by atoms with Crippen molar-refractivity contribution in [2.24, 2.45) is 0 Å². The van der Waals surface area contributed by atoms with Crippen LogP contribution in [0.3, 0.4) is 0 Å². The van der Waals surface area contributed by atoms with Gasteiger partial charge in [-0.1, -0.05) is 0 Å². The largest absolute Gasteiger partial charge is 0.385 e. The molecule has 0 spiro atoms. The number of hydrogen-bond acceptors (Lipinski definition) is 5. The summed E-state index contributed by atoms with van der Waals surface area (Å²) in [5.74, 6) is -0.184. The van der Waals surface area contributed by atoms with Crippen molar-refractivity contribution in [3.05, 3.63) is 28.3 Å². The zero-order valence-corrected chi connectivity index (χ0v) is 11.2. The van der Waals surface area contributed by atoms with Crippen molar-refractivity contribution in [2.45, 2.75) is 19.9 Å². The van der Waals surface area contributed by atoms with Gasteiger partial charge in [-0.3, -0.25) is 14.9 Å². The highest BCUT2D eigenvalue weighted by Gasteiger charge is 2.14. The molecular formula is C12H18N4O3. The highest BCUT2D eigenvalue weighted by atomic mass is 16.6. The van der Waals surface area contributed by atoms with Crippen molar-refractivity contribution in [1.29, 1.82) is 0 Å². The maximum absolute atomic E-state index is 11.4. The van der Waals surface area contributed by atoms with Crippen molar-refractivity contribution < 1.29 is 9.72 Å². The molecule has 0 aliphatic carbocycles. The van der Waals surface area contributed by atoms with Gasteiger partial charge in [0.1, 0.15) is 6.04 Å². The second-order valence-corrected chi connectivity index (χ2v) is 4.04. The Morgan fingerprint density at radius 2 is 2.00 bits per heavy atom. The smallest absolute Gasteiger partial charge is 0.273 e. The fraction of sp³-hybridized carbons (Fsp3) is 0.417. The number of likely N-dealkylation sites (N-methyl/N-ethyl adjacent to an activating group) is 1. The molecule has 0 saturated carbocycles. The first-order valence-electron chi connectivity index (χ1n) is 5.99. The van der Waals surface area contributed by atoms with Crippen LogP contribution in [-0.2, 0) is 4.79 Å². The van der Waals surface area contributed by atoms with E-state index in [0.717, 1.165) is 0 Å². The van der Waals surface area contributed by atoms with Gasteiger partial charge in [0, 0.05) is 37.1 Å². The van der Waals surface area contributed by atoms with E-state index in [2.05, 4.69) is 16.0 Å². The van der Waals surface area contributed by atoms with Crippen LogP contribution in [0.5, 0.6) is 0 Å². The van der Waals surface area contributed by atoms with Crippen LogP contribution < -0.4 is 16.0 Å². The lowest BCUT2D eigenvalue weighted by molar-refractivity contribution is -0.384. The van der Waals surface area contributed by atoms with E-state index in [1.54, 1.807) is 13.0 Å². The molecule has 0 aliphatic rings. The molecule has 0 aromatic heterocycles. The third-order valence-electron chi connectivity index (χ3n) is 2.53. The summed E-state index contributed by atoms with van der Waals surface area (Å²) in [6.07, 6.45) is 0. The molecule has 1 aromatic rings. The van der Waals surface area contributed by atoms with E-state index in [0.29, 0.717) is 17.9 Å². The molecule has 0 radical (unpaired) electrons. The number of carbonyl (C=O) groups is 1. The van der Waals surface area contributed by atoms with Crippen molar-refractivity contribution in [2.75, 3.05) is 24.2 Å². The highest BCUT2D eigenvalue weighted by Crippen LogP contribution is 2.24. The molecule has 1 unspecified atom stereocenters. The van der Waals surface area contributed by atoms with Gasteiger partial charge in [0.05, 0.1) is 4.92 Å². The summed E-state index contributed by atoms with van der Waals surface area (Å²) in [5.41, 5.74) is 1.15. The Kier molecular flexibility index (Phi) is 5.11. The van der Waals surface area contributed by atoms with Crippen LogP contribution in [0.2, 0.25) is 0 Å². The molecule has 0 bridgehead atoms. The van der Waals surface area contributed by atoms with Gasteiger partial charge in [0.2, 0.25) is 5.91 Å². The first-order valence-corrected chi connectivity index (χ1v) is 5.99. The molecule has 1 amide bonds. The fourth-order valence-electron chi connectivity index (χ4n) is 1.64. The van der Waals surface area contributed by atoms with Crippen LogP contribution in [0.4, 0.5) is 17.1 Å². The summed E-state index contributed by atoms with van der Waals surface area (Å²) in [6, 6.07) is 4.12. The first kappa shape index (κ1) is 14.7. The number of nitro groups is 1. The third kappa shape index (κ3) is 4.13. The fourth-order valence-corrected chi connectivity index (χ4v) is 1.64. The average molecular weight is 266 g/mol. The van der Waals surface area contributed by atoms with Gasteiger partial charge in [-0.15, -0.1) is 0 Å². The third-order valence-corrected chi connectivity index (χ3v) is 2.53. The SMILES string of the molecule is CCNc1cc(NC(C)C(=O)NC)cc([N+](=O)[O-])c1. The predicted octanol–water partition coefficient (Wildman–Crippen LogP) is 1.57. The van der Waals surface area contributed by atoms with Crippen LogP contribution in [-0.4, -0.2) is 30.5 Å². The number of non-ortho nitro benzene ring substituents is 1. The molecule has 3 N–H and O–H groups in total. The Balaban J connectivity index is 2.99. The maximum atomic E-state index is 11.4. The van der Waals surface area contributed by atoms with E-state index in [-0.39, 0.29) is 11.6 Å². The van der Waals surface area contributed by atoms with Crippen LogP contribution in [0.1, 0.15) is 13.8 Å². The molecule has 0 heterocycles. The van der Waals surface area contributed by atoms with Crippen molar-refractivity contribution >= 4 is 23.0 Å². The number of anilines is 2. The molecular weight excluding hydrogens is 248 g/mol. The molecule has 7 nitrogen and oxygen atoms in total. The van der Waals surface area contributed by atoms with Crippen molar-refractivity contribution in [3.8, 4) is 0 Å². The van der Waals surface area contributed by atoms with E-state index in [1.165, 1.54) is 19.2 Å². The van der Waals surface area contributed by atoms with Gasteiger partial charge in [-0.05, 0) is 19.9 Å². The first-order chi connectivity index (χ1) is 8.97. The zero-order valence-electron chi connectivity index (χ0n) is 11.2. The topological polar surface area (TPSA) is 96.3 Å². The lowest BCUT2D eigenvalue weighted by Gasteiger charge is -2.14. The highest BCUT2D eigenvalue weighted by molar-refractivity contribution is 5.84. The predicted molar refractivity (Wildman–Crippen MR) is 74.4 cm³/mol. The maximum Gasteiger partial charge on any atom is 0.273 e. The lowest BCUT2D eigenvalue weighted by Crippen LogP contribution is -2.35. The van der Waals surface area contributed by atoms with Crippen LogP contribution in [0.25, 0.3) is 0 Å². The van der Waals surface area contributed by atoms with Crippen LogP contribution in [0.15, 0.2) is 18.2 Å². The second kappa shape index (κ2) is 6.58. The number of benzene rings is 1. The number of carbonyl (C=O) groups excluding carboxylic acids is 1. The van der Waals surface area contributed by atoms with Gasteiger partial charge in [0.15, 0.2) is 0 Å². The molecule has 104 valence electrons. The average Bonchev–Trinajstić information content (AvgIpc) is 2.37. The number of rotatable bonds is 6. The van der Waals surface area contributed by atoms with Gasteiger partial charge >= 0.3 is 0 Å². The quantitative estimate of drug-likeness (QED) is 0.536. The minimum atomic E-state index is -0.471. The summed E-state index contributed by atoms with van der Waals surface area (Å²) in [4.78, 5) is 21.8. The summed E-state index contributed by atoms with van der Waals surface area (Å²) < 4.78 is 0. The molecule has 0 saturated heterocycles. The van der Waals surface area contributed by atoms with Crippen molar-refractivity contribution in [3.63, 3.8) is 0 Å². The molecule has 1 aromatic carbocycles. The Bertz CT molecular complexity index is 476. The summed E-state index contributed by atoms with van der Waals surface area (Å²) in [5, 5.41) is 19.3. The summed E-state index contributed by atoms with van der Waals surface area (Å²) in [7, 11) is 1.54. The van der Waals surface area contributed by atoms with Crippen LogP contribution >= 0.6 is 0 Å². The van der Waals surface area contributed by atoms with Gasteiger partial charge in [-0.25, -0.2) is 0 Å². The number of nitro benzene ring substituents is 1. The van der Waals surface area contributed by atoms with E-state index in [9.17, 15) is 14.9 Å². The Morgan fingerprint density at radius 3 is 2.53 bits per heavy atom. The minimum absolute atomic E-state index is 0.0231.